The number of nitrogens with zero attached hydrogens (tertiary/aromatic N) is 1. The smallest absolute Gasteiger partial charge is 0.260 e. The van der Waals surface area contributed by atoms with Gasteiger partial charge in [-0.25, -0.2) is 0 Å². The lowest BCUT2D eigenvalue weighted by atomic mass is 10.00. The molecule has 5 heteroatoms. The van der Waals surface area contributed by atoms with Crippen LogP contribution in [-0.2, 0) is 4.79 Å². The lowest BCUT2D eigenvalue weighted by Crippen LogP contribution is -2.45. The van der Waals surface area contributed by atoms with E-state index in [0.717, 1.165) is 25.8 Å². The van der Waals surface area contributed by atoms with E-state index in [1.54, 1.807) is 24.3 Å². The van der Waals surface area contributed by atoms with E-state index in [1.807, 2.05) is 35.2 Å². The average Bonchev–Trinajstić information content (AvgIpc) is 2.73. The number of rotatable bonds is 6. The van der Waals surface area contributed by atoms with Crippen LogP contribution < -0.4 is 10.1 Å². The van der Waals surface area contributed by atoms with Crippen molar-refractivity contribution >= 4 is 17.5 Å². The highest BCUT2D eigenvalue weighted by Gasteiger charge is 2.25. The van der Waals surface area contributed by atoms with Gasteiger partial charge >= 0.3 is 0 Å². The Morgan fingerprint density at radius 1 is 1.07 bits per heavy atom. The quantitative estimate of drug-likeness (QED) is 0.837. The van der Waals surface area contributed by atoms with Crippen LogP contribution >= 0.6 is 0 Å². The molecule has 0 bridgehead atoms. The molecule has 2 aromatic carbocycles. The first-order chi connectivity index (χ1) is 13.2. The van der Waals surface area contributed by atoms with Crippen molar-refractivity contribution in [1.82, 2.24) is 4.90 Å². The molecule has 1 aliphatic rings. The van der Waals surface area contributed by atoms with Gasteiger partial charge in [0, 0.05) is 18.3 Å². The SMILES string of the molecule is CCC1CCCCN1C(=O)COc1ccccc1C(=O)Nc1ccccc1. The van der Waals surface area contributed by atoms with Gasteiger partial charge < -0.3 is 15.0 Å². The third-order valence-corrected chi connectivity index (χ3v) is 4.93. The van der Waals surface area contributed by atoms with Gasteiger partial charge in [0.2, 0.25) is 0 Å². The maximum Gasteiger partial charge on any atom is 0.260 e. The molecule has 1 aliphatic heterocycles. The second kappa shape index (κ2) is 9.21. The molecule has 0 aromatic heterocycles. The van der Waals surface area contributed by atoms with Crippen molar-refractivity contribution in [1.29, 1.82) is 0 Å². The zero-order valence-electron chi connectivity index (χ0n) is 15.7. The van der Waals surface area contributed by atoms with Crippen LogP contribution in [0.3, 0.4) is 0 Å². The lowest BCUT2D eigenvalue weighted by molar-refractivity contribution is -0.137. The second-order valence-corrected chi connectivity index (χ2v) is 6.75. The van der Waals surface area contributed by atoms with E-state index in [1.165, 1.54) is 6.42 Å². The van der Waals surface area contributed by atoms with Crippen LogP contribution in [0, 0.1) is 0 Å². The number of likely N-dealkylation sites (tertiary alicyclic amines) is 1. The summed E-state index contributed by atoms with van der Waals surface area (Å²) in [5, 5.41) is 2.85. The molecule has 1 N–H and O–H groups in total. The summed E-state index contributed by atoms with van der Waals surface area (Å²) in [6.07, 6.45) is 4.23. The molecule has 27 heavy (non-hydrogen) atoms. The van der Waals surface area contributed by atoms with Crippen LogP contribution in [-0.4, -0.2) is 35.9 Å². The monoisotopic (exact) mass is 366 g/mol. The topological polar surface area (TPSA) is 58.6 Å². The molecule has 0 aliphatic carbocycles. The minimum Gasteiger partial charge on any atom is -0.483 e. The highest BCUT2D eigenvalue weighted by molar-refractivity contribution is 6.06. The molecule has 1 unspecified atom stereocenters. The summed E-state index contributed by atoms with van der Waals surface area (Å²) in [7, 11) is 0. The summed E-state index contributed by atoms with van der Waals surface area (Å²) in [5.74, 6) is 0.151. The van der Waals surface area contributed by atoms with Crippen LogP contribution in [0.2, 0.25) is 0 Å². The largest absolute Gasteiger partial charge is 0.483 e. The van der Waals surface area contributed by atoms with Crippen LogP contribution in [0.25, 0.3) is 0 Å². The summed E-state index contributed by atoms with van der Waals surface area (Å²) < 4.78 is 5.75. The number of carbonyl (C=O) groups is 2. The zero-order chi connectivity index (χ0) is 19.1. The number of carbonyl (C=O) groups excluding carboxylic acids is 2. The number of benzene rings is 2. The van der Waals surface area contributed by atoms with Crippen molar-refractivity contribution in [3.8, 4) is 5.75 Å². The van der Waals surface area contributed by atoms with Crippen molar-refractivity contribution in [2.45, 2.75) is 38.6 Å². The maximum absolute atomic E-state index is 12.6. The third kappa shape index (κ3) is 4.88. The number of anilines is 1. The van der Waals surface area contributed by atoms with E-state index in [0.29, 0.717) is 23.0 Å². The number of piperidine rings is 1. The van der Waals surface area contributed by atoms with Crippen molar-refractivity contribution < 1.29 is 14.3 Å². The van der Waals surface area contributed by atoms with Crippen molar-refractivity contribution in [2.75, 3.05) is 18.5 Å². The first kappa shape index (κ1) is 19.0. The van der Waals surface area contributed by atoms with E-state index in [9.17, 15) is 9.59 Å². The van der Waals surface area contributed by atoms with Gasteiger partial charge in [-0.1, -0.05) is 37.3 Å². The Labute approximate surface area is 160 Å². The third-order valence-electron chi connectivity index (χ3n) is 4.93. The van der Waals surface area contributed by atoms with E-state index >= 15 is 0 Å². The first-order valence-electron chi connectivity index (χ1n) is 9.56. The molecule has 2 aromatic rings. The fourth-order valence-corrected chi connectivity index (χ4v) is 3.48. The van der Waals surface area contributed by atoms with E-state index in [-0.39, 0.29) is 18.4 Å². The number of hydrogen-bond acceptors (Lipinski definition) is 3. The Hall–Kier alpha value is -2.82. The molecule has 5 nitrogen and oxygen atoms in total. The van der Waals surface area contributed by atoms with Gasteiger partial charge in [0.05, 0.1) is 5.56 Å². The van der Waals surface area contributed by atoms with E-state index < -0.39 is 0 Å². The minimum atomic E-state index is -0.256. The van der Waals surface area contributed by atoms with Crippen molar-refractivity contribution in [3.63, 3.8) is 0 Å². The van der Waals surface area contributed by atoms with Crippen LogP contribution in [0.15, 0.2) is 54.6 Å². The van der Waals surface area contributed by atoms with Gasteiger partial charge in [0.15, 0.2) is 6.61 Å². The van der Waals surface area contributed by atoms with Gasteiger partial charge in [-0.15, -0.1) is 0 Å². The van der Waals surface area contributed by atoms with Gasteiger partial charge in [0.25, 0.3) is 11.8 Å². The van der Waals surface area contributed by atoms with Crippen molar-refractivity contribution in [3.05, 3.63) is 60.2 Å². The predicted molar refractivity (Wildman–Crippen MR) is 106 cm³/mol. The number of ether oxygens (including phenoxy) is 1. The highest BCUT2D eigenvalue weighted by atomic mass is 16.5. The highest BCUT2D eigenvalue weighted by Crippen LogP contribution is 2.22. The fourth-order valence-electron chi connectivity index (χ4n) is 3.48. The van der Waals surface area contributed by atoms with Crippen LogP contribution in [0.5, 0.6) is 5.75 Å². The molecule has 1 heterocycles. The second-order valence-electron chi connectivity index (χ2n) is 6.75. The minimum absolute atomic E-state index is 0.0141. The fraction of sp³-hybridized carbons (Fsp3) is 0.364. The van der Waals surface area contributed by atoms with Crippen molar-refractivity contribution in [2.24, 2.45) is 0 Å². The summed E-state index contributed by atoms with van der Waals surface area (Å²) >= 11 is 0. The Kier molecular flexibility index (Phi) is 6.47. The van der Waals surface area contributed by atoms with E-state index in [4.69, 9.17) is 4.74 Å². The predicted octanol–water partition coefficient (Wildman–Crippen LogP) is 4.11. The molecule has 0 saturated carbocycles. The number of hydrogen-bond donors (Lipinski definition) is 1. The molecule has 0 radical (unpaired) electrons. The molecule has 142 valence electrons. The lowest BCUT2D eigenvalue weighted by Gasteiger charge is -2.35. The Morgan fingerprint density at radius 3 is 2.59 bits per heavy atom. The molecule has 3 rings (SSSR count). The number of para-hydroxylation sites is 2. The Morgan fingerprint density at radius 2 is 1.81 bits per heavy atom. The molecule has 1 fully saturated rings. The summed E-state index contributed by atoms with van der Waals surface area (Å²) in [6.45, 7) is 2.85. The first-order valence-corrected chi connectivity index (χ1v) is 9.56. The van der Waals surface area contributed by atoms with Crippen LogP contribution in [0.1, 0.15) is 43.0 Å². The normalized spacial score (nSPS) is 16.6. The molecular formula is C22H26N2O3. The van der Waals surface area contributed by atoms with Gasteiger partial charge in [-0.05, 0) is 49.9 Å². The number of nitrogens with one attached hydrogen (secondary N) is 1. The van der Waals surface area contributed by atoms with E-state index in [2.05, 4.69) is 12.2 Å². The van der Waals surface area contributed by atoms with Gasteiger partial charge in [-0.3, -0.25) is 9.59 Å². The van der Waals surface area contributed by atoms with Crippen LogP contribution in [0.4, 0.5) is 5.69 Å². The summed E-state index contributed by atoms with van der Waals surface area (Å²) in [4.78, 5) is 27.1. The molecular weight excluding hydrogens is 340 g/mol. The number of amides is 2. The summed E-state index contributed by atoms with van der Waals surface area (Å²) in [6, 6.07) is 16.6. The zero-order valence-corrected chi connectivity index (χ0v) is 15.7. The molecule has 0 spiro atoms. The summed E-state index contributed by atoms with van der Waals surface area (Å²) in [5.41, 5.74) is 1.13. The van der Waals surface area contributed by atoms with Gasteiger partial charge in [-0.2, -0.15) is 0 Å². The Bertz CT molecular complexity index is 776. The molecule has 1 atom stereocenters. The maximum atomic E-state index is 12.6. The van der Waals surface area contributed by atoms with Gasteiger partial charge in [0.1, 0.15) is 5.75 Å². The standard InChI is InChI=1S/C22H26N2O3/c1-2-18-12-8-9-15-24(18)21(25)16-27-20-14-7-6-13-19(20)22(26)23-17-10-4-3-5-11-17/h3-7,10-11,13-14,18H,2,8-9,12,15-16H2,1H3,(H,23,26). The average molecular weight is 366 g/mol. The Balaban J connectivity index is 1.65. The molecule has 2 amide bonds. The molecule has 1 saturated heterocycles.